The van der Waals surface area contributed by atoms with Crippen LogP contribution in [0.1, 0.15) is 22.3 Å². The topological polar surface area (TPSA) is 0 Å². The monoisotopic (exact) mass is 842 g/mol. The van der Waals surface area contributed by atoms with Crippen LogP contribution in [-0.2, 0) is 5.41 Å². The normalized spacial score (nSPS) is 13.5. The fraction of sp³-hybridized carbons (Fsp3) is 0.0149. The highest BCUT2D eigenvalue weighted by Gasteiger charge is 2.52. The highest BCUT2D eigenvalue weighted by Crippen LogP contribution is 2.66. The largest absolute Gasteiger partial charge is 0.0725 e. The molecule has 12 aromatic rings. The lowest BCUT2D eigenvalue weighted by molar-refractivity contribution is 0.795. The molecule has 0 saturated carbocycles. The Kier molecular flexibility index (Phi) is 6.84. The molecule has 4 aliphatic carbocycles. The molecule has 0 N–H and O–H groups in total. The van der Waals surface area contributed by atoms with Crippen molar-refractivity contribution in [3.63, 3.8) is 0 Å². The van der Waals surface area contributed by atoms with Crippen molar-refractivity contribution in [2.24, 2.45) is 0 Å². The minimum atomic E-state index is -0.392. The van der Waals surface area contributed by atoms with Gasteiger partial charge in [-0.05, 0) is 167 Å². The van der Waals surface area contributed by atoms with Gasteiger partial charge in [-0.25, -0.2) is 0 Å². The summed E-state index contributed by atoms with van der Waals surface area (Å²) in [7, 11) is 0. The molecule has 306 valence electrons. The van der Waals surface area contributed by atoms with E-state index in [9.17, 15) is 0 Å². The maximum atomic E-state index is 2.58. The van der Waals surface area contributed by atoms with Crippen molar-refractivity contribution in [1.29, 1.82) is 0 Å². The third-order valence-corrected chi connectivity index (χ3v) is 15.9. The molecule has 0 radical (unpaired) electrons. The third-order valence-electron chi connectivity index (χ3n) is 15.9. The van der Waals surface area contributed by atoms with Crippen LogP contribution in [0.2, 0.25) is 0 Å². The summed E-state index contributed by atoms with van der Waals surface area (Å²) >= 11 is 0. The summed E-state index contributed by atoms with van der Waals surface area (Å²) in [6.45, 7) is 0. The molecule has 0 saturated heterocycles. The Morgan fingerprint density at radius 1 is 0.194 bits per heavy atom. The lowest BCUT2D eigenvalue weighted by Gasteiger charge is -2.30. The van der Waals surface area contributed by atoms with Gasteiger partial charge in [0.05, 0.1) is 5.41 Å². The summed E-state index contributed by atoms with van der Waals surface area (Å²) in [6.07, 6.45) is 0. The van der Waals surface area contributed by atoms with Crippen molar-refractivity contribution in [2.75, 3.05) is 0 Å². The van der Waals surface area contributed by atoms with Crippen molar-refractivity contribution < 1.29 is 0 Å². The lowest BCUT2D eigenvalue weighted by Crippen LogP contribution is -2.25. The Balaban J connectivity index is 0.928. The fourth-order valence-corrected chi connectivity index (χ4v) is 13.5. The van der Waals surface area contributed by atoms with E-state index in [0.29, 0.717) is 0 Å². The first kappa shape index (κ1) is 35.7. The summed E-state index contributed by atoms with van der Waals surface area (Å²) < 4.78 is 0. The number of hydrogen-bond acceptors (Lipinski definition) is 0. The molecule has 0 heteroatoms. The van der Waals surface area contributed by atoms with E-state index in [4.69, 9.17) is 0 Å². The Morgan fingerprint density at radius 3 is 1.31 bits per heavy atom. The second-order valence-corrected chi connectivity index (χ2v) is 18.9. The summed E-state index contributed by atoms with van der Waals surface area (Å²) in [4.78, 5) is 0. The van der Waals surface area contributed by atoms with Crippen LogP contribution in [0.4, 0.5) is 0 Å². The van der Waals surface area contributed by atoms with E-state index in [1.54, 1.807) is 0 Å². The Morgan fingerprint density at radius 2 is 0.657 bits per heavy atom. The molecule has 0 amide bonds. The van der Waals surface area contributed by atoms with E-state index in [1.165, 1.54) is 155 Å². The van der Waals surface area contributed by atoms with E-state index in [2.05, 4.69) is 231 Å². The smallest absolute Gasteiger partial charge is 0.0622 e. The van der Waals surface area contributed by atoms with Crippen molar-refractivity contribution in [2.45, 2.75) is 5.41 Å². The standard InChI is InChI=1S/C67H38/c1-3-17-39(18-4-1)60-47-23-7-8-24-48(47)61(40-19-5-2-6-20-40)66-53-36-35-42(46-26-15-29-52(62(46)53)65(60)66)41-33-34-43-54(37-41)49-27-16-28-51-63(49)55(43)38-59-64(51)50-25-11-14-32-58(50)67(59)56-30-12-9-21-44(56)45-22-10-13-31-57(45)67/h1-38H. The molecule has 0 fully saturated rings. The first-order valence-corrected chi connectivity index (χ1v) is 23.6. The van der Waals surface area contributed by atoms with Crippen LogP contribution >= 0.6 is 0 Å². The zero-order valence-electron chi connectivity index (χ0n) is 36.4. The Hall–Kier alpha value is -8.58. The molecule has 67 heavy (non-hydrogen) atoms. The minimum Gasteiger partial charge on any atom is -0.0622 e. The molecule has 0 aliphatic heterocycles. The molecule has 4 aliphatic rings. The quantitative estimate of drug-likeness (QED) is 0.166. The molecule has 12 aromatic carbocycles. The van der Waals surface area contributed by atoms with Gasteiger partial charge in [0.15, 0.2) is 0 Å². The fourth-order valence-electron chi connectivity index (χ4n) is 13.5. The van der Waals surface area contributed by atoms with Gasteiger partial charge in [-0.15, -0.1) is 0 Å². The van der Waals surface area contributed by atoms with Gasteiger partial charge in [-0.3, -0.25) is 0 Å². The summed E-state index contributed by atoms with van der Waals surface area (Å²) in [5.41, 5.74) is 28.7. The molecule has 16 rings (SSSR count). The number of benzene rings is 12. The molecule has 0 aromatic heterocycles. The predicted octanol–water partition coefficient (Wildman–Crippen LogP) is 17.8. The second kappa shape index (κ2) is 12.8. The summed E-state index contributed by atoms with van der Waals surface area (Å²) in [5, 5.41) is 7.90. The van der Waals surface area contributed by atoms with Crippen LogP contribution in [0, 0.1) is 0 Å². The van der Waals surface area contributed by atoms with Crippen LogP contribution in [0.15, 0.2) is 231 Å². The number of hydrogen-bond donors (Lipinski definition) is 0. The van der Waals surface area contributed by atoms with Gasteiger partial charge in [0.25, 0.3) is 0 Å². The van der Waals surface area contributed by atoms with Gasteiger partial charge in [-0.1, -0.05) is 218 Å². The third kappa shape index (κ3) is 4.35. The number of fused-ring (bicyclic) bond motifs is 18. The molecule has 1 spiro atoms. The lowest BCUT2D eigenvalue weighted by atomic mass is 9.70. The first-order chi connectivity index (χ1) is 33.3. The first-order valence-electron chi connectivity index (χ1n) is 23.6. The van der Waals surface area contributed by atoms with Gasteiger partial charge in [0, 0.05) is 0 Å². The Labute approximate surface area is 388 Å². The predicted molar refractivity (Wildman–Crippen MR) is 280 cm³/mol. The summed E-state index contributed by atoms with van der Waals surface area (Å²) in [6, 6.07) is 87.3. The van der Waals surface area contributed by atoms with Crippen LogP contribution in [0.5, 0.6) is 0 Å². The average molecular weight is 843 g/mol. The zero-order valence-corrected chi connectivity index (χ0v) is 36.4. The maximum absolute atomic E-state index is 2.58. The molecule has 0 bridgehead atoms. The van der Waals surface area contributed by atoms with Crippen molar-refractivity contribution in [1.82, 2.24) is 0 Å². The van der Waals surface area contributed by atoms with Crippen LogP contribution in [-0.4, -0.2) is 0 Å². The van der Waals surface area contributed by atoms with Gasteiger partial charge in [0.2, 0.25) is 0 Å². The highest BCUT2D eigenvalue weighted by atomic mass is 14.5. The molecule has 0 unspecified atom stereocenters. The van der Waals surface area contributed by atoms with E-state index >= 15 is 0 Å². The molecular formula is C67H38. The number of rotatable bonds is 3. The molecule has 0 atom stereocenters. The van der Waals surface area contributed by atoms with Crippen molar-refractivity contribution >= 4 is 32.3 Å². The second-order valence-electron chi connectivity index (χ2n) is 18.9. The van der Waals surface area contributed by atoms with Gasteiger partial charge >= 0.3 is 0 Å². The van der Waals surface area contributed by atoms with Gasteiger partial charge < -0.3 is 0 Å². The SMILES string of the molecule is c1ccc(-c2c3c(c(-c4ccccc4)c4ccccc24)-c2ccc(-c4ccc5c(c4)-c4cccc6c7c(cc-5c46)C4(c5ccccc5-c5ccccc54)c4ccccc4-7)c4cccc-3c24)cc1. The van der Waals surface area contributed by atoms with Gasteiger partial charge in [0.1, 0.15) is 0 Å². The average Bonchev–Trinajstić information content (AvgIpc) is 4.10. The van der Waals surface area contributed by atoms with Crippen molar-refractivity contribution in [3.05, 3.63) is 253 Å². The summed E-state index contributed by atoms with van der Waals surface area (Å²) in [5.74, 6) is 0. The Bertz CT molecular complexity index is 4050. The van der Waals surface area contributed by atoms with E-state index < -0.39 is 5.41 Å². The highest BCUT2D eigenvalue weighted by molar-refractivity contribution is 6.29. The van der Waals surface area contributed by atoms with Crippen molar-refractivity contribution in [3.8, 4) is 100 Å². The minimum absolute atomic E-state index is 0.392. The zero-order chi connectivity index (χ0) is 43.5. The van der Waals surface area contributed by atoms with E-state index in [-0.39, 0.29) is 0 Å². The van der Waals surface area contributed by atoms with Crippen LogP contribution < -0.4 is 0 Å². The molecule has 0 nitrogen and oxygen atoms in total. The van der Waals surface area contributed by atoms with E-state index in [0.717, 1.165) is 0 Å². The van der Waals surface area contributed by atoms with E-state index in [1.807, 2.05) is 0 Å². The maximum Gasteiger partial charge on any atom is 0.0725 e. The molecule has 0 heterocycles. The van der Waals surface area contributed by atoms with Crippen LogP contribution in [0.3, 0.4) is 0 Å². The molecular weight excluding hydrogens is 805 g/mol. The van der Waals surface area contributed by atoms with Gasteiger partial charge in [-0.2, -0.15) is 0 Å². The van der Waals surface area contributed by atoms with Crippen LogP contribution in [0.25, 0.3) is 132 Å².